The number of alkyl halides is 1. The monoisotopic (exact) mass is 309 g/mol. The summed E-state index contributed by atoms with van der Waals surface area (Å²) in [6, 6.07) is 3.28. The number of benzene rings is 1. The molecule has 0 radical (unpaired) electrons. The van der Waals surface area contributed by atoms with Gasteiger partial charge in [0.15, 0.2) is 0 Å². The smallest absolute Gasteiger partial charge is 0.224 e. The molecule has 0 spiro atoms. The lowest BCUT2D eigenvalue weighted by Gasteiger charge is -2.25. The van der Waals surface area contributed by atoms with Gasteiger partial charge >= 0.3 is 0 Å². The van der Waals surface area contributed by atoms with E-state index in [1.54, 1.807) is 0 Å². The van der Waals surface area contributed by atoms with Gasteiger partial charge in [0.25, 0.3) is 0 Å². The maximum absolute atomic E-state index is 14.3. The number of rotatable bonds is 3. The fourth-order valence-corrected chi connectivity index (χ4v) is 3.92. The summed E-state index contributed by atoms with van der Waals surface area (Å²) in [4.78, 5) is 11.4. The highest BCUT2D eigenvalue weighted by Crippen LogP contribution is 2.38. The molecule has 1 aromatic rings. The summed E-state index contributed by atoms with van der Waals surface area (Å²) in [5.41, 5.74) is 2.20. The van der Waals surface area contributed by atoms with E-state index in [2.05, 4.69) is 5.32 Å². The van der Waals surface area contributed by atoms with Gasteiger partial charge in [-0.25, -0.2) is 4.39 Å². The van der Waals surface area contributed by atoms with Crippen molar-refractivity contribution in [3.05, 3.63) is 29.1 Å². The first-order chi connectivity index (χ1) is 10.1. The van der Waals surface area contributed by atoms with Gasteiger partial charge in [0.1, 0.15) is 5.82 Å². The van der Waals surface area contributed by atoms with Crippen LogP contribution in [0.1, 0.15) is 61.4 Å². The summed E-state index contributed by atoms with van der Waals surface area (Å²) in [6.07, 6.45) is 8.27. The van der Waals surface area contributed by atoms with Crippen LogP contribution in [0.4, 0.5) is 10.1 Å². The van der Waals surface area contributed by atoms with Crippen molar-refractivity contribution in [3.63, 3.8) is 0 Å². The molecule has 21 heavy (non-hydrogen) atoms. The van der Waals surface area contributed by atoms with Gasteiger partial charge in [-0.05, 0) is 36.5 Å². The second-order valence-corrected chi connectivity index (χ2v) is 6.81. The number of nitrogens with one attached hydrogen (secondary N) is 1. The highest BCUT2D eigenvalue weighted by atomic mass is 35.5. The van der Waals surface area contributed by atoms with E-state index >= 15 is 0 Å². The van der Waals surface area contributed by atoms with Crippen molar-refractivity contribution >= 4 is 23.2 Å². The Labute approximate surface area is 130 Å². The van der Waals surface area contributed by atoms with Gasteiger partial charge in [-0.1, -0.05) is 32.1 Å². The molecule has 2 nitrogen and oxygen atoms in total. The molecule has 1 amide bonds. The van der Waals surface area contributed by atoms with E-state index in [0.29, 0.717) is 30.0 Å². The van der Waals surface area contributed by atoms with Gasteiger partial charge in [0, 0.05) is 17.7 Å². The number of carbonyl (C=O) groups is 1. The Hall–Kier alpha value is -1.09. The predicted octanol–water partition coefficient (Wildman–Crippen LogP) is 4.96. The number of amides is 1. The fraction of sp³-hybridized carbons (Fsp3) is 0.588. The van der Waals surface area contributed by atoms with E-state index in [9.17, 15) is 9.18 Å². The average molecular weight is 310 g/mol. The topological polar surface area (TPSA) is 29.1 Å². The number of hydrogen-bond acceptors (Lipinski definition) is 1. The van der Waals surface area contributed by atoms with Gasteiger partial charge < -0.3 is 5.32 Å². The molecule has 0 aromatic heterocycles. The molecule has 1 N–H and O–H groups in total. The molecule has 1 fully saturated rings. The van der Waals surface area contributed by atoms with Crippen molar-refractivity contribution < 1.29 is 9.18 Å². The van der Waals surface area contributed by atoms with Crippen molar-refractivity contribution in [1.29, 1.82) is 0 Å². The predicted molar refractivity (Wildman–Crippen MR) is 83.1 cm³/mol. The highest BCUT2D eigenvalue weighted by molar-refractivity contribution is 6.20. The summed E-state index contributed by atoms with van der Waals surface area (Å²) in [6.45, 7) is 0. The van der Waals surface area contributed by atoms with Crippen molar-refractivity contribution in [1.82, 2.24) is 0 Å². The summed E-state index contributed by atoms with van der Waals surface area (Å²) < 4.78 is 14.3. The molecule has 1 unspecified atom stereocenters. The maximum Gasteiger partial charge on any atom is 0.224 e. The van der Waals surface area contributed by atoms with Gasteiger partial charge in [0.05, 0.1) is 5.38 Å². The second kappa shape index (κ2) is 6.35. The number of aryl methyl sites for hydroxylation is 1. The molecule has 1 atom stereocenters. The molecule has 114 valence electrons. The van der Waals surface area contributed by atoms with Crippen LogP contribution in [-0.4, -0.2) is 5.91 Å². The molecule has 0 saturated heterocycles. The summed E-state index contributed by atoms with van der Waals surface area (Å²) in [7, 11) is 0. The van der Waals surface area contributed by atoms with Gasteiger partial charge in [-0.15, -0.1) is 11.6 Å². The average Bonchev–Trinajstić information content (AvgIpc) is 2.47. The van der Waals surface area contributed by atoms with Crippen LogP contribution in [0.25, 0.3) is 0 Å². The van der Waals surface area contributed by atoms with Crippen molar-refractivity contribution in [2.75, 3.05) is 5.32 Å². The van der Waals surface area contributed by atoms with Crippen LogP contribution in [-0.2, 0) is 11.2 Å². The van der Waals surface area contributed by atoms with E-state index in [1.807, 2.05) is 6.07 Å². The summed E-state index contributed by atoms with van der Waals surface area (Å²) in [5, 5.41) is 2.46. The third kappa shape index (κ3) is 3.39. The lowest BCUT2D eigenvalue weighted by Crippen LogP contribution is -2.19. The van der Waals surface area contributed by atoms with Crippen LogP contribution in [0.5, 0.6) is 0 Å². The minimum atomic E-state index is -0.299. The molecule has 1 aliphatic carbocycles. The summed E-state index contributed by atoms with van der Waals surface area (Å²) in [5.74, 6) is 0.280. The zero-order chi connectivity index (χ0) is 14.8. The number of carbonyl (C=O) groups excluding carboxylic acids is 1. The zero-order valence-corrected chi connectivity index (χ0v) is 12.9. The lowest BCUT2D eigenvalue weighted by molar-refractivity contribution is -0.116. The Bertz CT molecular complexity index is 540. The normalized spacial score (nSPS) is 20.8. The Morgan fingerprint density at radius 1 is 1.24 bits per heavy atom. The Morgan fingerprint density at radius 3 is 2.76 bits per heavy atom. The quantitative estimate of drug-likeness (QED) is 0.785. The Morgan fingerprint density at radius 2 is 2.00 bits per heavy atom. The van der Waals surface area contributed by atoms with E-state index in [0.717, 1.165) is 12.0 Å². The zero-order valence-electron chi connectivity index (χ0n) is 12.1. The molecular weight excluding hydrogens is 289 g/mol. The van der Waals surface area contributed by atoms with Crippen LogP contribution in [0, 0.1) is 11.7 Å². The number of hydrogen-bond donors (Lipinski definition) is 1. The van der Waals surface area contributed by atoms with Crippen molar-refractivity contribution in [2.45, 2.75) is 56.7 Å². The largest absolute Gasteiger partial charge is 0.326 e. The number of fused-ring (bicyclic) bond motifs is 1. The molecule has 1 aliphatic heterocycles. The molecule has 1 saturated carbocycles. The maximum atomic E-state index is 14.3. The van der Waals surface area contributed by atoms with Crippen LogP contribution in [0.3, 0.4) is 0 Å². The number of halogens is 2. The number of anilines is 1. The van der Waals surface area contributed by atoms with Crippen LogP contribution in [0.15, 0.2) is 12.1 Å². The fourth-order valence-electron chi connectivity index (χ4n) is 3.50. The minimum absolute atomic E-state index is 0.0423. The minimum Gasteiger partial charge on any atom is -0.326 e. The Balaban J connectivity index is 1.76. The third-order valence-corrected chi connectivity index (χ3v) is 5.13. The van der Waals surface area contributed by atoms with Gasteiger partial charge in [-0.2, -0.15) is 0 Å². The van der Waals surface area contributed by atoms with E-state index in [-0.39, 0.29) is 17.1 Å². The van der Waals surface area contributed by atoms with Crippen LogP contribution < -0.4 is 5.32 Å². The first-order valence-corrected chi connectivity index (χ1v) is 8.33. The standard InChI is InChI=1S/C17H21ClFNO/c18-14(8-11-4-2-1-3-5-11)13-9-12-6-7-17(21)20-16(12)10-15(13)19/h9-11,14H,1-8H2,(H,20,21). The molecular formula is C17H21ClFNO. The molecule has 0 bridgehead atoms. The first kappa shape index (κ1) is 14.8. The Kier molecular flexibility index (Phi) is 4.48. The SMILES string of the molecule is O=C1CCc2cc(C(Cl)CC3CCCCC3)c(F)cc2N1. The van der Waals surface area contributed by atoms with Gasteiger partial charge in [0.2, 0.25) is 5.91 Å². The highest BCUT2D eigenvalue weighted by Gasteiger charge is 2.23. The van der Waals surface area contributed by atoms with Crippen molar-refractivity contribution in [2.24, 2.45) is 5.92 Å². The van der Waals surface area contributed by atoms with Crippen LogP contribution >= 0.6 is 11.6 Å². The third-order valence-electron chi connectivity index (χ3n) is 4.72. The summed E-state index contributed by atoms with van der Waals surface area (Å²) >= 11 is 6.49. The van der Waals surface area contributed by atoms with E-state index in [4.69, 9.17) is 11.6 Å². The van der Waals surface area contributed by atoms with E-state index < -0.39 is 0 Å². The van der Waals surface area contributed by atoms with E-state index in [1.165, 1.54) is 38.2 Å². The second-order valence-electron chi connectivity index (χ2n) is 6.29. The van der Waals surface area contributed by atoms with Crippen LogP contribution in [0.2, 0.25) is 0 Å². The molecule has 4 heteroatoms. The first-order valence-electron chi connectivity index (χ1n) is 7.89. The molecule has 3 rings (SSSR count). The van der Waals surface area contributed by atoms with Gasteiger partial charge in [-0.3, -0.25) is 4.79 Å². The lowest BCUT2D eigenvalue weighted by atomic mass is 9.84. The van der Waals surface area contributed by atoms with Crippen molar-refractivity contribution in [3.8, 4) is 0 Å². The molecule has 1 heterocycles. The molecule has 1 aromatic carbocycles. The molecule has 2 aliphatic rings.